The Labute approximate surface area is 192 Å². The summed E-state index contributed by atoms with van der Waals surface area (Å²) in [5.41, 5.74) is 4.97. The lowest BCUT2D eigenvalue weighted by Crippen LogP contribution is -2.16. The minimum atomic E-state index is -0.0760. The van der Waals surface area contributed by atoms with Crippen molar-refractivity contribution in [3.05, 3.63) is 84.2 Å². The minimum Gasteiger partial charge on any atom is -0.325 e. The summed E-state index contributed by atoms with van der Waals surface area (Å²) in [6, 6.07) is 19.8. The molecule has 0 aliphatic rings. The lowest BCUT2D eigenvalue weighted by molar-refractivity contribution is -0.113. The Morgan fingerprint density at radius 3 is 2.47 bits per heavy atom. The van der Waals surface area contributed by atoms with E-state index < -0.39 is 0 Å². The van der Waals surface area contributed by atoms with Crippen molar-refractivity contribution in [3.63, 3.8) is 0 Å². The highest BCUT2D eigenvalue weighted by Crippen LogP contribution is 2.30. The first-order valence-electron chi connectivity index (χ1n) is 10.5. The number of amides is 1. The van der Waals surface area contributed by atoms with Gasteiger partial charge >= 0.3 is 0 Å². The highest BCUT2D eigenvalue weighted by Gasteiger charge is 2.19. The lowest BCUT2D eigenvalue weighted by atomic mass is 10.0. The number of carbonyl (C=O) groups is 1. The van der Waals surface area contributed by atoms with Crippen LogP contribution in [-0.4, -0.2) is 31.4 Å². The molecule has 1 N–H and O–H groups in total. The molecule has 7 heteroatoms. The Morgan fingerprint density at radius 1 is 1.00 bits per heavy atom. The van der Waals surface area contributed by atoms with Crippen LogP contribution in [0.3, 0.4) is 0 Å². The molecule has 0 radical (unpaired) electrons. The molecule has 2 aromatic carbocycles. The summed E-state index contributed by atoms with van der Waals surface area (Å²) in [7, 11) is 0. The van der Waals surface area contributed by atoms with Crippen LogP contribution in [0, 0.1) is 6.92 Å². The van der Waals surface area contributed by atoms with Crippen LogP contribution in [-0.2, 0) is 4.79 Å². The quantitative estimate of drug-likeness (QED) is 0.382. The number of para-hydroxylation sites is 2. The maximum Gasteiger partial charge on any atom is 0.234 e. The molecular formula is C25H25N5OS. The third-order valence-corrected chi connectivity index (χ3v) is 6.05. The molecule has 0 aliphatic heterocycles. The Balaban J connectivity index is 1.60. The van der Waals surface area contributed by atoms with Gasteiger partial charge in [0.2, 0.25) is 5.91 Å². The molecule has 6 nitrogen and oxygen atoms in total. The van der Waals surface area contributed by atoms with Crippen molar-refractivity contribution in [3.8, 4) is 17.1 Å². The number of aromatic nitrogens is 4. The van der Waals surface area contributed by atoms with Gasteiger partial charge in [0.1, 0.15) is 0 Å². The van der Waals surface area contributed by atoms with Crippen molar-refractivity contribution >= 4 is 23.4 Å². The van der Waals surface area contributed by atoms with Crippen LogP contribution in [0.25, 0.3) is 17.1 Å². The van der Waals surface area contributed by atoms with E-state index in [0.717, 1.165) is 33.9 Å². The zero-order chi connectivity index (χ0) is 22.5. The summed E-state index contributed by atoms with van der Waals surface area (Å²) in [4.78, 5) is 16.9. The van der Waals surface area contributed by atoms with Gasteiger partial charge in [0.05, 0.1) is 11.4 Å². The normalized spacial score (nSPS) is 11.0. The molecule has 2 heterocycles. The number of pyridine rings is 1. The SMILES string of the molecule is Cc1ccccc1-n1c(SCC(=O)Nc2ccccc2C(C)C)nnc1-c1ccncc1. The zero-order valence-electron chi connectivity index (χ0n) is 18.3. The number of benzene rings is 2. The average molecular weight is 444 g/mol. The van der Waals surface area contributed by atoms with Gasteiger partial charge in [0.15, 0.2) is 11.0 Å². The van der Waals surface area contributed by atoms with E-state index in [0.29, 0.717) is 11.1 Å². The van der Waals surface area contributed by atoms with E-state index in [9.17, 15) is 4.79 Å². The van der Waals surface area contributed by atoms with Crippen LogP contribution in [0.15, 0.2) is 78.2 Å². The Kier molecular flexibility index (Phi) is 6.66. The van der Waals surface area contributed by atoms with Gasteiger partial charge in [-0.1, -0.05) is 62.0 Å². The van der Waals surface area contributed by atoms with Crippen molar-refractivity contribution in [1.82, 2.24) is 19.7 Å². The first kappa shape index (κ1) is 21.8. The van der Waals surface area contributed by atoms with Gasteiger partial charge in [0.25, 0.3) is 0 Å². The van der Waals surface area contributed by atoms with E-state index >= 15 is 0 Å². The van der Waals surface area contributed by atoms with E-state index in [1.807, 2.05) is 59.2 Å². The van der Waals surface area contributed by atoms with Crippen molar-refractivity contribution in [1.29, 1.82) is 0 Å². The van der Waals surface area contributed by atoms with E-state index in [4.69, 9.17) is 0 Å². The molecule has 0 saturated heterocycles. The van der Waals surface area contributed by atoms with E-state index in [1.54, 1.807) is 12.4 Å². The number of nitrogens with one attached hydrogen (secondary N) is 1. The Bertz CT molecular complexity index is 1220. The van der Waals surface area contributed by atoms with Crippen molar-refractivity contribution in [2.45, 2.75) is 31.8 Å². The number of anilines is 1. The van der Waals surface area contributed by atoms with Crippen molar-refractivity contribution in [2.75, 3.05) is 11.1 Å². The zero-order valence-corrected chi connectivity index (χ0v) is 19.1. The van der Waals surface area contributed by atoms with Crippen LogP contribution < -0.4 is 5.32 Å². The lowest BCUT2D eigenvalue weighted by Gasteiger charge is -2.14. The predicted molar refractivity (Wildman–Crippen MR) is 129 cm³/mol. The molecule has 0 unspecified atom stereocenters. The van der Waals surface area contributed by atoms with Crippen LogP contribution in [0.1, 0.15) is 30.9 Å². The minimum absolute atomic E-state index is 0.0760. The summed E-state index contributed by atoms with van der Waals surface area (Å²) < 4.78 is 2.00. The molecule has 0 saturated carbocycles. The number of rotatable bonds is 7. The standard InChI is InChI=1S/C25H25N5OS/c1-17(2)20-9-5-6-10-21(20)27-23(31)16-32-25-29-28-24(19-12-14-26-15-13-19)30(25)22-11-7-4-8-18(22)3/h4-15,17H,16H2,1-3H3,(H,27,31). The molecule has 0 bridgehead atoms. The Hall–Kier alpha value is -3.45. The van der Waals surface area contributed by atoms with Crippen LogP contribution in [0.4, 0.5) is 5.69 Å². The highest BCUT2D eigenvalue weighted by atomic mass is 32.2. The van der Waals surface area contributed by atoms with Gasteiger partial charge in [-0.3, -0.25) is 14.3 Å². The van der Waals surface area contributed by atoms with Gasteiger partial charge in [0, 0.05) is 23.6 Å². The fourth-order valence-electron chi connectivity index (χ4n) is 3.51. The molecule has 32 heavy (non-hydrogen) atoms. The average Bonchev–Trinajstić information content (AvgIpc) is 3.22. The second kappa shape index (κ2) is 9.78. The number of hydrogen-bond acceptors (Lipinski definition) is 5. The van der Waals surface area contributed by atoms with Crippen molar-refractivity contribution in [2.24, 2.45) is 0 Å². The van der Waals surface area contributed by atoms with Crippen LogP contribution >= 0.6 is 11.8 Å². The van der Waals surface area contributed by atoms with Gasteiger partial charge < -0.3 is 5.32 Å². The fourth-order valence-corrected chi connectivity index (χ4v) is 4.26. The second-order valence-electron chi connectivity index (χ2n) is 7.74. The molecule has 0 atom stereocenters. The molecular weight excluding hydrogens is 418 g/mol. The monoisotopic (exact) mass is 443 g/mol. The number of hydrogen-bond donors (Lipinski definition) is 1. The smallest absolute Gasteiger partial charge is 0.234 e. The van der Waals surface area contributed by atoms with E-state index in [-0.39, 0.29) is 11.7 Å². The third kappa shape index (κ3) is 4.73. The van der Waals surface area contributed by atoms with Gasteiger partial charge in [-0.15, -0.1) is 10.2 Å². The summed E-state index contributed by atoms with van der Waals surface area (Å²) in [5.74, 6) is 1.20. The molecule has 2 aromatic heterocycles. The highest BCUT2D eigenvalue weighted by molar-refractivity contribution is 7.99. The number of carbonyl (C=O) groups excluding carboxylic acids is 1. The third-order valence-electron chi connectivity index (χ3n) is 5.12. The first-order valence-corrected chi connectivity index (χ1v) is 11.5. The fraction of sp³-hybridized carbons (Fsp3) is 0.200. The molecule has 162 valence electrons. The van der Waals surface area contributed by atoms with E-state index in [2.05, 4.69) is 47.3 Å². The topological polar surface area (TPSA) is 72.7 Å². The molecule has 4 aromatic rings. The predicted octanol–water partition coefficient (Wildman–Crippen LogP) is 5.49. The summed E-state index contributed by atoms with van der Waals surface area (Å²) in [5, 5.41) is 12.6. The summed E-state index contributed by atoms with van der Waals surface area (Å²) in [6.07, 6.45) is 3.47. The van der Waals surface area contributed by atoms with E-state index in [1.165, 1.54) is 11.8 Å². The number of thioether (sulfide) groups is 1. The molecule has 4 rings (SSSR count). The van der Waals surface area contributed by atoms with Gasteiger partial charge in [-0.2, -0.15) is 0 Å². The molecule has 0 fully saturated rings. The van der Waals surface area contributed by atoms with Gasteiger partial charge in [-0.05, 0) is 48.2 Å². The largest absolute Gasteiger partial charge is 0.325 e. The maximum absolute atomic E-state index is 12.8. The summed E-state index contributed by atoms with van der Waals surface area (Å²) in [6.45, 7) is 6.28. The van der Waals surface area contributed by atoms with Gasteiger partial charge in [-0.25, -0.2) is 0 Å². The Morgan fingerprint density at radius 2 is 1.72 bits per heavy atom. The molecule has 0 aliphatic carbocycles. The number of aryl methyl sites for hydroxylation is 1. The second-order valence-corrected chi connectivity index (χ2v) is 8.69. The van der Waals surface area contributed by atoms with Crippen LogP contribution in [0.2, 0.25) is 0 Å². The maximum atomic E-state index is 12.8. The molecule has 0 spiro atoms. The van der Waals surface area contributed by atoms with Crippen molar-refractivity contribution < 1.29 is 4.79 Å². The van der Waals surface area contributed by atoms with Crippen LogP contribution in [0.5, 0.6) is 0 Å². The molecule has 1 amide bonds. The summed E-state index contributed by atoms with van der Waals surface area (Å²) >= 11 is 1.37. The first-order chi connectivity index (χ1) is 15.5. The number of nitrogens with zero attached hydrogens (tertiary/aromatic N) is 4.